The predicted molar refractivity (Wildman–Crippen MR) is 107 cm³/mol. The molecule has 0 unspecified atom stereocenters. The summed E-state index contributed by atoms with van der Waals surface area (Å²) < 4.78 is 10.9. The molecule has 1 aromatic carbocycles. The molecule has 0 aliphatic heterocycles. The summed E-state index contributed by atoms with van der Waals surface area (Å²) in [4.78, 5) is 18.6. The van der Waals surface area contributed by atoms with Gasteiger partial charge >= 0.3 is 0 Å². The van der Waals surface area contributed by atoms with Crippen LogP contribution < -0.4 is 14.8 Å². The summed E-state index contributed by atoms with van der Waals surface area (Å²) in [7, 11) is 1.61. The molecule has 0 atom stereocenters. The third-order valence-electron chi connectivity index (χ3n) is 4.14. The van der Waals surface area contributed by atoms with E-state index in [0.29, 0.717) is 18.2 Å². The van der Waals surface area contributed by atoms with Crippen molar-refractivity contribution in [2.45, 2.75) is 26.8 Å². The molecule has 1 amide bonds. The van der Waals surface area contributed by atoms with Gasteiger partial charge in [-0.1, -0.05) is 19.1 Å². The highest BCUT2D eigenvalue weighted by molar-refractivity contribution is 7.14. The van der Waals surface area contributed by atoms with Gasteiger partial charge in [0.15, 0.2) is 0 Å². The molecule has 0 aliphatic rings. The van der Waals surface area contributed by atoms with Gasteiger partial charge in [0, 0.05) is 29.8 Å². The fourth-order valence-corrected chi connectivity index (χ4v) is 3.64. The second kappa shape index (κ2) is 8.68. The Morgan fingerprint density at radius 1 is 1.19 bits per heavy atom. The van der Waals surface area contributed by atoms with Crippen molar-refractivity contribution >= 4 is 17.2 Å². The van der Waals surface area contributed by atoms with Gasteiger partial charge in [0.2, 0.25) is 5.88 Å². The van der Waals surface area contributed by atoms with Crippen molar-refractivity contribution in [3.63, 3.8) is 0 Å². The Labute approximate surface area is 163 Å². The third kappa shape index (κ3) is 4.86. The SMILES string of the molecule is CCc1cc(C(=O)NCc2ccc(Oc3cccc(OC)c3)nc2)sc1C. The Bertz CT molecular complexity index is 919. The Hall–Kier alpha value is -2.86. The van der Waals surface area contributed by atoms with Crippen LogP contribution in [0.2, 0.25) is 0 Å². The number of benzene rings is 1. The third-order valence-corrected chi connectivity index (χ3v) is 5.23. The van der Waals surface area contributed by atoms with Crippen LogP contribution in [0, 0.1) is 6.92 Å². The van der Waals surface area contributed by atoms with Crippen LogP contribution in [0.1, 0.15) is 32.6 Å². The minimum Gasteiger partial charge on any atom is -0.497 e. The van der Waals surface area contributed by atoms with Gasteiger partial charge in [-0.3, -0.25) is 4.79 Å². The van der Waals surface area contributed by atoms with Crippen molar-refractivity contribution in [2.24, 2.45) is 0 Å². The summed E-state index contributed by atoms with van der Waals surface area (Å²) in [6.07, 6.45) is 2.64. The number of rotatable bonds is 7. The van der Waals surface area contributed by atoms with Gasteiger partial charge in [-0.2, -0.15) is 0 Å². The first-order chi connectivity index (χ1) is 13.1. The highest BCUT2D eigenvalue weighted by atomic mass is 32.1. The highest BCUT2D eigenvalue weighted by Crippen LogP contribution is 2.24. The molecule has 0 saturated carbocycles. The number of carbonyl (C=O) groups excluding carboxylic acids is 1. The highest BCUT2D eigenvalue weighted by Gasteiger charge is 2.11. The van der Waals surface area contributed by atoms with Gasteiger partial charge in [-0.25, -0.2) is 4.98 Å². The van der Waals surface area contributed by atoms with Gasteiger partial charge in [-0.05, 0) is 42.7 Å². The molecule has 1 N–H and O–H groups in total. The lowest BCUT2D eigenvalue weighted by Crippen LogP contribution is -2.21. The Balaban J connectivity index is 1.57. The zero-order valence-electron chi connectivity index (χ0n) is 15.6. The number of hydrogen-bond donors (Lipinski definition) is 1. The first-order valence-electron chi connectivity index (χ1n) is 8.73. The molecule has 0 bridgehead atoms. The molecule has 0 saturated heterocycles. The molecule has 2 aromatic heterocycles. The van der Waals surface area contributed by atoms with Crippen LogP contribution in [0.15, 0.2) is 48.7 Å². The van der Waals surface area contributed by atoms with Gasteiger partial charge in [0.1, 0.15) is 11.5 Å². The van der Waals surface area contributed by atoms with Gasteiger partial charge < -0.3 is 14.8 Å². The number of aromatic nitrogens is 1. The van der Waals surface area contributed by atoms with E-state index in [1.807, 2.05) is 37.3 Å². The maximum Gasteiger partial charge on any atom is 0.261 e. The molecule has 0 radical (unpaired) electrons. The van der Waals surface area contributed by atoms with Crippen LogP contribution in [-0.2, 0) is 13.0 Å². The molecule has 0 aliphatic carbocycles. The molecule has 140 valence electrons. The molecule has 27 heavy (non-hydrogen) atoms. The average Bonchev–Trinajstić information content (AvgIpc) is 3.08. The lowest BCUT2D eigenvalue weighted by molar-refractivity contribution is 0.0955. The maximum atomic E-state index is 12.3. The average molecular weight is 382 g/mol. The number of hydrogen-bond acceptors (Lipinski definition) is 5. The number of thiophene rings is 1. The fourth-order valence-electron chi connectivity index (χ4n) is 2.61. The quantitative estimate of drug-likeness (QED) is 0.641. The molecular formula is C21H22N2O3S. The molecule has 5 nitrogen and oxygen atoms in total. The minimum absolute atomic E-state index is 0.0560. The Morgan fingerprint density at radius 3 is 2.67 bits per heavy atom. The molecule has 3 aromatic rings. The van der Waals surface area contributed by atoms with Crippen molar-refractivity contribution in [3.8, 4) is 17.4 Å². The predicted octanol–water partition coefficient (Wildman–Crippen LogP) is 4.74. The second-order valence-corrected chi connectivity index (χ2v) is 7.27. The van der Waals surface area contributed by atoms with E-state index < -0.39 is 0 Å². The van der Waals surface area contributed by atoms with Gasteiger partial charge in [0.25, 0.3) is 5.91 Å². The molecule has 2 heterocycles. The topological polar surface area (TPSA) is 60.5 Å². The van der Waals surface area contributed by atoms with Crippen LogP contribution in [0.3, 0.4) is 0 Å². The summed E-state index contributed by atoms with van der Waals surface area (Å²) >= 11 is 1.53. The number of pyridine rings is 1. The number of methoxy groups -OCH3 is 1. The van der Waals surface area contributed by atoms with E-state index in [1.165, 1.54) is 21.8 Å². The van der Waals surface area contributed by atoms with E-state index in [-0.39, 0.29) is 5.91 Å². The van der Waals surface area contributed by atoms with E-state index >= 15 is 0 Å². The number of carbonyl (C=O) groups is 1. The van der Waals surface area contributed by atoms with E-state index in [2.05, 4.69) is 17.2 Å². The molecule has 0 spiro atoms. The van der Waals surface area contributed by atoms with Crippen LogP contribution in [0.25, 0.3) is 0 Å². The van der Waals surface area contributed by atoms with E-state index in [0.717, 1.165) is 22.6 Å². The summed E-state index contributed by atoms with van der Waals surface area (Å²) in [5.41, 5.74) is 2.14. The molecule has 3 rings (SSSR count). The van der Waals surface area contributed by atoms with Crippen LogP contribution >= 0.6 is 11.3 Å². The monoisotopic (exact) mass is 382 g/mol. The normalized spacial score (nSPS) is 10.5. The summed E-state index contributed by atoms with van der Waals surface area (Å²) in [5.74, 6) is 1.81. The number of nitrogens with zero attached hydrogens (tertiary/aromatic N) is 1. The molecule has 6 heteroatoms. The number of aryl methyl sites for hydroxylation is 2. The van der Waals surface area contributed by atoms with Crippen molar-refractivity contribution < 1.29 is 14.3 Å². The first-order valence-corrected chi connectivity index (χ1v) is 9.55. The van der Waals surface area contributed by atoms with Crippen molar-refractivity contribution in [2.75, 3.05) is 7.11 Å². The van der Waals surface area contributed by atoms with Gasteiger partial charge in [-0.15, -0.1) is 11.3 Å². The number of ether oxygens (including phenoxy) is 2. The van der Waals surface area contributed by atoms with Crippen molar-refractivity contribution in [1.82, 2.24) is 10.3 Å². The minimum atomic E-state index is -0.0560. The van der Waals surface area contributed by atoms with Crippen molar-refractivity contribution in [3.05, 3.63) is 69.5 Å². The van der Waals surface area contributed by atoms with Gasteiger partial charge in [0.05, 0.1) is 12.0 Å². The standard InChI is InChI=1S/C21H22N2O3S/c1-4-16-10-19(27-14(16)2)21(24)23-13-15-8-9-20(22-12-15)26-18-7-5-6-17(11-18)25-3/h5-12H,4,13H2,1-3H3,(H,23,24). The van der Waals surface area contributed by atoms with Crippen LogP contribution in [0.5, 0.6) is 17.4 Å². The van der Waals surface area contributed by atoms with Crippen molar-refractivity contribution in [1.29, 1.82) is 0 Å². The lowest BCUT2D eigenvalue weighted by atomic mass is 10.2. The smallest absolute Gasteiger partial charge is 0.261 e. The zero-order valence-corrected chi connectivity index (χ0v) is 16.4. The second-order valence-electron chi connectivity index (χ2n) is 6.01. The largest absolute Gasteiger partial charge is 0.497 e. The van der Waals surface area contributed by atoms with E-state index in [1.54, 1.807) is 25.4 Å². The first kappa shape index (κ1) is 18.9. The Morgan fingerprint density at radius 2 is 2.00 bits per heavy atom. The number of amides is 1. The Kier molecular flexibility index (Phi) is 6.08. The maximum absolute atomic E-state index is 12.3. The van der Waals surface area contributed by atoms with Crippen LogP contribution in [0.4, 0.5) is 0 Å². The zero-order chi connectivity index (χ0) is 19.2. The van der Waals surface area contributed by atoms with E-state index in [9.17, 15) is 4.79 Å². The van der Waals surface area contributed by atoms with E-state index in [4.69, 9.17) is 9.47 Å². The molecule has 0 fully saturated rings. The molecular weight excluding hydrogens is 360 g/mol. The summed E-state index contributed by atoms with van der Waals surface area (Å²) in [6, 6.07) is 13.0. The summed E-state index contributed by atoms with van der Waals surface area (Å²) in [5, 5.41) is 2.94. The summed E-state index contributed by atoms with van der Waals surface area (Å²) in [6.45, 7) is 4.56. The van der Waals surface area contributed by atoms with Crippen LogP contribution in [-0.4, -0.2) is 18.0 Å². The fraction of sp³-hybridized carbons (Fsp3) is 0.238. The number of nitrogens with one attached hydrogen (secondary N) is 1. The lowest BCUT2D eigenvalue weighted by Gasteiger charge is -2.08.